The summed E-state index contributed by atoms with van der Waals surface area (Å²) in [6.45, 7) is 17.0. The highest BCUT2D eigenvalue weighted by atomic mass is 16.6. The van der Waals surface area contributed by atoms with Crippen molar-refractivity contribution < 1.29 is 29.9 Å². The number of rotatable bonds is 11. The van der Waals surface area contributed by atoms with E-state index in [2.05, 4.69) is 65.5 Å². The van der Waals surface area contributed by atoms with Crippen molar-refractivity contribution in [3.63, 3.8) is 0 Å². The lowest BCUT2D eigenvalue weighted by Gasteiger charge is -2.68. The highest BCUT2D eigenvalue weighted by Crippen LogP contribution is 2.86. The van der Waals surface area contributed by atoms with Crippen LogP contribution in [0.15, 0.2) is 36.5 Å². The molecule has 0 amide bonds. The summed E-state index contributed by atoms with van der Waals surface area (Å²) in [5.41, 5.74) is 1.19. The van der Waals surface area contributed by atoms with E-state index >= 15 is 0 Å². The van der Waals surface area contributed by atoms with E-state index in [1.54, 1.807) is 6.92 Å². The van der Waals surface area contributed by atoms with Gasteiger partial charge in [0.05, 0.1) is 23.9 Å². The summed E-state index contributed by atoms with van der Waals surface area (Å²) >= 11 is 0. The SMILES string of the molecule is C=C(C)/C=C/CC(C)C1CCC2C3C=CC45OC6(CC36CCC12C)C4CCC(CC(OC(CO)C(C)O)C(O)O)C5(C)C. The molecule has 5 fully saturated rings. The minimum absolute atomic E-state index is 0.000632. The monoisotopic (exact) mass is 598 g/mol. The average molecular weight is 599 g/mol. The second-order valence-electron chi connectivity index (χ2n) is 16.6. The molecule has 2 heterocycles. The minimum atomic E-state index is -1.68. The van der Waals surface area contributed by atoms with Crippen molar-refractivity contribution in [2.45, 2.75) is 135 Å². The van der Waals surface area contributed by atoms with E-state index in [1.807, 2.05) is 0 Å². The van der Waals surface area contributed by atoms with Crippen molar-refractivity contribution in [1.29, 1.82) is 0 Å². The van der Waals surface area contributed by atoms with Crippen LogP contribution in [-0.4, -0.2) is 62.8 Å². The molecule has 0 aromatic heterocycles. The fourth-order valence-corrected chi connectivity index (χ4v) is 11.8. The molecule has 6 heteroatoms. The van der Waals surface area contributed by atoms with Gasteiger partial charge in [0.2, 0.25) is 0 Å². The topological polar surface area (TPSA) is 99.4 Å². The third-order valence-electron chi connectivity index (χ3n) is 14.3. The van der Waals surface area contributed by atoms with Crippen molar-refractivity contribution in [2.75, 3.05) is 6.61 Å². The van der Waals surface area contributed by atoms with Gasteiger partial charge in [0.25, 0.3) is 0 Å². The maximum Gasteiger partial charge on any atom is 0.178 e. The van der Waals surface area contributed by atoms with E-state index in [-0.39, 0.29) is 34.6 Å². The lowest BCUT2D eigenvalue weighted by atomic mass is 9.48. The van der Waals surface area contributed by atoms with Crippen LogP contribution in [0.1, 0.15) is 99.3 Å². The van der Waals surface area contributed by atoms with Crippen LogP contribution in [-0.2, 0) is 9.47 Å². The lowest BCUT2D eigenvalue weighted by Crippen LogP contribution is -2.72. The summed E-state index contributed by atoms with van der Waals surface area (Å²) in [5.74, 6) is 3.34. The van der Waals surface area contributed by atoms with Gasteiger partial charge in [0.1, 0.15) is 12.2 Å². The Balaban J connectivity index is 1.24. The fourth-order valence-electron chi connectivity index (χ4n) is 11.8. The van der Waals surface area contributed by atoms with Gasteiger partial charge in [0.15, 0.2) is 6.29 Å². The first-order valence-corrected chi connectivity index (χ1v) is 17.2. The van der Waals surface area contributed by atoms with Crippen LogP contribution >= 0.6 is 0 Å². The smallest absolute Gasteiger partial charge is 0.178 e. The van der Waals surface area contributed by atoms with Crippen LogP contribution in [0, 0.1) is 51.8 Å². The van der Waals surface area contributed by atoms with Gasteiger partial charge in [-0.25, -0.2) is 0 Å². The molecule has 6 nitrogen and oxygen atoms in total. The van der Waals surface area contributed by atoms with Gasteiger partial charge in [0, 0.05) is 16.7 Å². The summed E-state index contributed by atoms with van der Waals surface area (Å²) < 4.78 is 13.2. The number of aliphatic hydroxyl groups is 4. The Morgan fingerprint density at radius 2 is 1.81 bits per heavy atom. The lowest BCUT2D eigenvalue weighted by molar-refractivity contribution is -0.340. The Morgan fingerprint density at radius 3 is 2.47 bits per heavy atom. The van der Waals surface area contributed by atoms with Crippen molar-refractivity contribution in [2.24, 2.45) is 51.8 Å². The minimum Gasteiger partial charge on any atom is -0.394 e. The van der Waals surface area contributed by atoms with Gasteiger partial charge in [-0.1, -0.05) is 64.2 Å². The van der Waals surface area contributed by atoms with E-state index in [0.717, 1.165) is 30.8 Å². The van der Waals surface area contributed by atoms with Crippen LogP contribution in [0.3, 0.4) is 0 Å². The Morgan fingerprint density at radius 1 is 1.07 bits per heavy atom. The number of ether oxygens (including phenoxy) is 2. The molecule has 0 aromatic carbocycles. The molecule has 4 N–H and O–H groups in total. The Hall–Kier alpha value is -1.02. The van der Waals surface area contributed by atoms with Crippen LogP contribution in [0.25, 0.3) is 0 Å². The average Bonchev–Trinajstić information content (AvgIpc) is 3.51. The highest BCUT2D eigenvalue weighted by Gasteiger charge is 2.88. The van der Waals surface area contributed by atoms with E-state index in [4.69, 9.17) is 9.47 Å². The zero-order chi connectivity index (χ0) is 31.2. The first kappa shape index (κ1) is 31.9. The second-order valence-corrected chi connectivity index (χ2v) is 16.6. The van der Waals surface area contributed by atoms with Crippen molar-refractivity contribution in [3.05, 3.63) is 36.5 Å². The molecule has 0 aromatic rings. The van der Waals surface area contributed by atoms with Gasteiger partial charge in [-0.3, -0.25) is 0 Å². The van der Waals surface area contributed by atoms with Crippen LogP contribution in [0.5, 0.6) is 0 Å². The second kappa shape index (κ2) is 10.8. The number of hydrogen-bond donors (Lipinski definition) is 4. The summed E-state index contributed by atoms with van der Waals surface area (Å²) in [6.07, 6.45) is 15.3. The van der Waals surface area contributed by atoms with E-state index in [1.165, 1.54) is 32.1 Å². The number of hydrogen-bond acceptors (Lipinski definition) is 6. The molecule has 43 heavy (non-hydrogen) atoms. The first-order chi connectivity index (χ1) is 20.2. The van der Waals surface area contributed by atoms with Gasteiger partial charge >= 0.3 is 0 Å². The standard InChI is InChI=1S/C37H58O6/c1-22(2)9-8-10-23(3)26-12-13-27-28-15-16-36-31(37(43-36)21-35(28,37)18-17-34(26,27)7)14-11-25(33(36,5)6)19-29(32(40)41)42-30(20-38)24(4)39/h8-9,15-16,23-32,38-41H,1,10-14,17-21H2,2-7H3/b9-8+. The molecular formula is C37H58O6. The maximum absolute atomic E-state index is 10.2. The summed E-state index contributed by atoms with van der Waals surface area (Å²) in [7, 11) is 0. The van der Waals surface area contributed by atoms with E-state index in [9.17, 15) is 20.4 Å². The first-order valence-electron chi connectivity index (χ1n) is 17.2. The van der Waals surface area contributed by atoms with Crippen LogP contribution < -0.4 is 0 Å². The predicted octanol–water partition coefficient (Wildman–Crippen LogP) is 5.94. The summed E-state index contributed by atoms with van der Waals surface area (Å²) in [6, 6.07) is 0. The van der Waals surface area contributed by atoms with E-state index in [0.29, 0.717) is 35.5 Å². The molecule has 7 aliphatic rings. The van der Waals surface area contributed by atoms with Crippen molar-refractivity contribution in [1.82, 2.24) is 0 Å². The molecule has 1 saturated heterocycles. The third kappa shape index (κ3) is 4.47. The zero-order valence-corrected chi connectivity index (χ0v) is 27.5. The molecular weight excluding hydrogens is 540 g/mol. The Bertz CT molecular complexity index is 1140. The van der Waals surface area contributed by atoms with Crippen molar-refractivity contribution in [3.8, 4) is 0 Å². The van der Waals surface area contributed by atoms with Crippen LogP contribution in [0.4, 0.5) is 0 Å². The summed E-state index contributed by atoms with van der Waals surface area (Å²) in [4.78, 5) is 0. The van der Waals surface area contributed by atoms with Gasteiger partial charge < -0.3 is 29.9 Å². The molecule has 5 aliphatic carbocycles. The molecule has 2 aliphatic heterocycles. The molecule has 13 unspecified atom stereocenters. The number of fused-ring (bicyclic) bond motifs is 1. The quantitative estimate of drug-likeness (QED) is 0.134. The molecule has 242 valence electrons. The molecule has 2 bridgehead atoms. The maximum atomic E-state index is 10.2. The zero-order valence-electron chi connectivity index (χ0n) is 27.5. The molecule has 7 rings (SSSR count). The number of allylic oxidation sites excluding steroid dienone is 4. The van der Waals surface area contributed by atoms with Gasteiger partial charge in [-0.05, 0) is 107 Å². The molecule has 13 atom stereocenters. The van der Waals surface area contributed by atoms with E-state index < -0.39 is 24.6 Å². The van der Waals surface area contributed by atoms with Crippen LogP contribution in [0.2, 0.25) is 0 Å². The van der Waals surface area contributed by atoms with Gasteiger partial charge in [-0.15, -0.1) is 0 Å². The van der Waals surface area contributed by atoms with Gasteiger partial charge in [-0.2, -0.15) is 0 Å². The third-order valence-corrected chi connectivity index (χ3v) is 14.3. The Kier molecular flexibility index (Phi) is 8.00. The fraction of sp³-hybridized carbons (Fsp3) is 0.838. The molecule has 0 radical (unpaired) electrons. The molecule has 4 saturated carbocycles. The highest BCUT2D eigenvalue weighted by molar-refractivity contribution is 5.43. The largest absolute Gasteiger partial charge is 0.394 e. The number of aliphatic hydroxyl groups excluding tert-OH is 3. The summed E-state index contributed by atoms with van der Waals surface area (Å²) in [5, 5.41) is 40.2. The van der Waals surface area contributed by atoms with Crippen molar-refractivity contribution >= 4 is 0 Å². The predicted molar refractivity (Wildman–Crippen MR) is 168 cm³/mol. The normalized spacial score (nSPS) is 46.5. The molecule has 3 spiro atoms. The Labute approximate surface area is 259 Å².